The summed E-state index contributed by atoms with van der Waals surface area (Å²) in [5.74, 6) is 0. The summed E-state index contributed by atoms with van der Waals surface area (Å²) in [5, 5.41) is 10.1. The van der Waals surface area contributed by atoms with Crippen LogP contribution < -0.4 is 4.90 Å². The van der Waals surface area contributed by atoms with Gasteiger partial charge in [0.15, 0.2) is 0 Å². The average molecular weight is 654 g/mol. The first-order valence-electron chi connectivity index (χ1n) is 17.1. The van der Waals surface area contributed by atoms with Crippen molar-refractivity contribution in [2.24, 2.45) is 0 Å². The molecule has 234 valence electrons. The summed E-state index contributed by atoms with van der Waals surface area (Å²) in [4.78, 5) is 2.49. The summed E-state index contributed by atoms with van der Waals surface area (Å²) in [7, 11) is 0. The topological polar surface area (TPSA) is 3.24 Å². The first kappa shape index (κ1) is 28.8. The standard InChI is InChI=1S/C48H31NS/c1-2-13-34(14-3-1)40-28-29-44(48-47(40)43-20-10-11-21-46(43)50-48)49(45-31-37-16-6-7-17-39(37)41-18-8-9-19-42(41)45)38-26-24-33(25-27-38)36-23-22-32-12-4-5-15-35(32)30-36/h1-31H. The van der Waals surface area contributed by atoms with E-state index in [-0.39, 0.29) is 0 Å². The highest BCUT2D eigenvalue weighted by Gasteiger charge is 2.23. The number of fused-ring (bicyclic) bond motifs is 7. The highest BCUT2D eigenvalue weighted by molar-refractivity contribution is 7.26. The van der Waals surface area contributed by atoms with E-state index in [0.717, 1.165) is 5.69 Å². The molecule has 1 nitrogen and oxygen atoms in total. The summed E-state index contributed by atoms with van der Waals surface area (Å²) in [6.45, 7) is 0. The molecule has 1 heterocycles. The van der Waals surface area contributed by atoms with Crippen molar-refractivity contribution in [3.05, 3.63) is 188 Å². The van der Waals surface area contributed by atoms with Crippen LogP contribution in [0.3, 0.4) is 0 Å². The van der Waals surface area contributed by atoms with Gasteiger partial charge in [0, 0.05) is 26.5 Å². The van der Waals surface area contributed by atoms with Crippen LogP contribution in [0, 0.1) is 0 Å². The molecule has 0 aliphatic carbocycles. The van der Waals surface area contributed by atoms with Crippen LogP contribution in [0.4, 0.5) is 17.1 Å². The smallest absolute Gasteiger partial charge is 0.0641 e. The van der Waals surface area contributed by atoms with Gasteiger partial charge in [-0.05, 0) is 85.6 Å². The van der Waals surface area contributed by atoms with Crippen LogP contribution in [0.5, 0.6) is 0 Å². The van der Waals surface area contributed by atoms with Crippen molar-refractivity contribution in [2.45, 2.75) is 0 Å². The Kier molecular flexibility index (Phi) is 6.75. The zero-order chi connectivity index (χ0) is 33.0. The SMILES string of the molecule is c1ccc(-c2ccc(N(c3ccc(-c4ccc5ccccc5c4)cc3)c3cc4ccccc4c4ccccc34)c3sc4ccccc4c23)cc1. The lowest BCUT2D eigenvalue weighted by atomic mass is 9.96. The fourth-order valence-electron chi connectivity index (χ4n) is 7.65. The van der Waals surface area contributed by atoms with E-state index in [1.807, 2.05) is 11.3 Å². The number of hydrogen-bond acceptors (Lipinski definition) is 2. The number of thiophene rings is 1. The van der Waals surface area contributed by atoms with Crippen molar-refractivity contribution in [2.75, 3.05) is 4.90 Å². The Morgan fingerprint density at radius 1 is 0.360 bits per heavy atom. The van der Waals surface area contributed by atoms with Gasteiger partial charge < -0.3 is 4.90 Å². The van der Waals surface area contributed by atoms with E-state index in [1.54, 1.807) is 0 Å². The van der Waals surface area contributed by atoms with Gasteiger partial charge >= 0.3 is 0 Å². The lowest BCUT2D eigenvalue weighted by Gasteiger charge is -2.28. The Balaban J connectivity index is 1.25. The lowest BCUT2D eigenvalue weighted by Crippen LogP contribution is -2.11. The predicted octanol–water partition coefficient (Wildman–Crippen LogP) is 14.3. The zero-order valence-corrected chi connectivity index (χ0v) is 28.1. The number of anilines is 3. The fourth-order valence-corrected chi connectivity index (χ4v) is 8.88. The minimum absolute atomic E-state index is 1.13. The minimum atomic E-state index is 1.13. The van der Waals surface area contributed by atoms with E-state index in [9.17, 15) is 0 Å². The number of benzene rings is 9. The number of rotatable bonds is 5. The van der Waals surface area contributed by atoms with Crippen molar-refractivity contribution in [3.63, 3.8) is 0 Å². The molecule has 2 heteroatoms. The third-order valence-electron chi connectivity index (χ3n) is 10.0. The van der Waals surface area contributed by atoms with E-state index in [4.69, 9.17) is 0 Å². The Hall–Kier alpha value is -6.22. The van der Waals surface area contributed by atoms with Crippen molar-refractivity contribution >= 4 is 80.9 Å². The van der Waals surface area contributed by atoms with Crippen LogP contribution in [0.1, 0.15) is 0 Å². The van der Waals surface area contributed by atoms with E-state index in [2.05, 4.69) is 193 Å². The molecule has 0 bridgehead atoms. The molecule has 0 atom stereocenters. The van der Waals surface area contributed by atoms with Gasteiger partial charge in [-0.1, -0.05) is 152 Å². The van der Waals surface area contributed by atoms with Gasteiger partial charge in [0.1, 0.15) is 0 Å². The Bertz CT molecular complexity index is 2870. The van der Waals surface area contributed by atoms with Gasteiger partial charge in [-0.3, -0.25) is 0 Å². The molecule has 0 saturated heterocycles. The zero-order valence-electron chi connectivity index (χ0n) is 27.3. The van der Waals surface area contributed by atoms with E-state index in [1.165, 1.54) is 86.1 Å². The molecule has 10 aromatic rings. The van der Waals surface area contributed by atoms with Crippen LogP contribution >= 0.6 is 11.3 Å². The first-order valence-corrected chi connectivity index (χ1v) is 17.9. The average Bonchev–Trinajstić information content (AvgIpc) is 3.59. The molecule has 0 fully saturated rings. The molecule has 0 spiro atoms. The maximum Gasteiger partial charge on any atom is 0.0641 e. The Morgan fingerprint density at radius 2 is 1.00 bits per heavy atom. The van der Waals surface area contributed by atoms with Crippen LogP contribution in [-0.4, -0.2) is 0 Å². The summed E-state index contributed by atoms with van der Waals surface area (Å²) in [5.41, 5.74) is 8.39. The fraction of sp³-hybridized carbons (Fsp3) is 0. The second-order valence-electron chi connectivity index (χ2n) is 12.9. The van der Waals surface area contributed by atoms with E-state index >= 15 is 0 Å². The van der Waals surface area contributed by atoms with E-state index in [0.29, 0.717) is 0 Å². The van der Waals surface area contributed by atoms with Crippen molar-refractivity contribution in [1.82, 2.24) is 0 Å². The molecule has 0 radical (unpaired) electrons. The summed E-state index contributed by atoms with van der Waals surface area (Å²) >= 11 is 1.88. The molecule has 50 heavy (non-hydrogen) atoms. The molecule has 9 aromatic carbocycles. The minimum Gasteiger partial charge on any atom is -0.308 e. The Morgan fingerprint density at radius 3 is 1.82 bits per heavy atom. The molecule has 0 aliphatic heterocycles. The first-order chi connectivity index (χ1) is 24.8. The summed E-state index contributed by atoms with van der Waals surface area (Å²) in [6, 6.07) is 68.7. The predicted molar refractivity (Wildman–Crippen MR) is 217 cm³/mol. The van der Waals surface area contributed by atoms with Crippen LogP contribution in [0.2, 0.25) is 0 Å². The van der Waals surface area contributed by atoms with Crippen LogP contribution in [0.15, 0.2) is 188 Å². The summed E-state index contributed by atoms with van der Waals surface area (Å²) < 4.78 is 2.57. The monoisotopic (exact) mass is 653 g/mol. The largest absolute Gasteiger partial charge is 0.308 e. The van der Waals surface area contributed by atoms with Gasteiger partial charge in [0.05, 0.1) is 16.1 Å². The lowest BCUT2D eigenvalue weighted by molar-refractivity contribution is 1.32. The third-order valence-corrected chi connectivity index (χ3v) is 11.2. The highest BCUT2D eigenvalue weighted by atomic mass is 32.1. The van der Waals surface area contributed by atoms with Crippen LogP contribution in [-0.2, 0) is 0 Å². The van der Waals surface area contributed by atoms with E-state index < -0.39 is 0 Å². The van der Waals surface area contributed by atoms with Crippen molar-refractivity contribution in [3.8, 4) is 22.3 Å². The summed E-state index contributed by atoms with van der Waals surface area (Å²) in [6.07, 6.45) is 0. The highest BCUT2D eigenvalue weighted by Crippen LogP contribution is 2.50. The maximum atomic E-state index is 2.49. The van der Waals surface area contributed by atoms with Crippen molar-refractivity contribution < 1.29 is 0 Å². The molecular formula is C48H31NS. The van der Waals surface area contributed by atoms with Gasteiger partial charge in [0.2, 0.25) is 0 Å². The van der Waals surface area contributed by atoms with Gasteiger partial charge in [0.25, 0.3) is 0 Å². The molecule has 0 aliphatic rings. The van der Waals surface area contributed by atoms with Crippen LogP contribution in [0.25, 0.3) is 74.7 Å². The quantitative estimate of drug-likeness (QED) is 0.167. The molecule has 0 saturated carbocycles. The van der Waals surface area contributed by atoms with Crippen molar-refractivity contribution in [1.29, 1.82) is 0 Å². The second kappa shape index (κ2) is 11.7. The normalized spacial score (nSPS) is 11.6. The Labute approximate surface area is 294 Å². The molecule has 0 amide bonds. The second-order valence-corrected chi connectivity index (χ2v) is 14.0. The van der Waals surface area contributed by atoms with Gasteiger partial charge in [-0.25, -0.2) is 0 Å². The molecule has 0 unspecified atom stereocenters. The molecule has 10 rings (SSSR count). The van der Waals surface area contributed by atoms with Gasteiger partial charge in [-0.2, -0.15) is 0 Å². The maximum absolute atomic E-state index is 2.49. The third kappa shape index (κ3) is 4.69. The molecular weight excluding hydrogens is 623 g/mol. The number of hydrogen-bond donors (Lipinski definition) is 0. The molecule has 1 aromatic heterocycles. The number of nitrogens with zero attached hydrogens (tertiary/aromatic N) is 1. The van der Waals surface area contributed by atoms with Gasteiger partial charge in [-0.15, -0.1) is 11.3 Å². The molecule has 0 N–H and O–H groups in total.